The average Bonchev–Trinajstić information content (AvgIpc) is 2.90. The second-order valence-electron chi connectivity index (χ2n) is 4.90. The summed E-state index contributed by atoms with van der Waals surface area (Å²) in [5.74, 6) is -0.524. The molecule has 0 atom stereocenters. The van der Waals surface area contributed by atoms with Crippen molar-refractivity contribution < 1.29 is 14.3 Å². The van der Waals surface area contributed by atoms with E-state index in [4.69, 9.17) is 4.74 Å². The number of rotatable bonds is 6. The first-order valence-corrected chi connectivity index (χ1v) is 7.33. The Morgan fingerprint density at radius 2 is 2.08 bits per heavy atom. The smallest absolute Gasteiger partial charge is 0.341 e. The van der Waals surface area contributed by atoms with E-state index in [9.17, 15) is 9.59 Å². The Bertz CT molecular complexity index is 715. The van der Waals surface area contributed by atoms with E-state index in [0.29, 0.717) is 23.6 Å². The summed E-state index contributed by atoms with van der Waals surface area (Å²) < 4.78 is 6.64. The third-order valence-corrected chi connectivity index (χ3v) is 3.22. The number of esters is 1. The summed E-state index contributed by atoms with van der Waals surface area (Å²) in [6, 6.07) is 7.25. The van der Waals surface area contributed by atoms with Crippen molar-refractivity contribution in [1.82, 2.24) is 15.1 Å². The highest BCUT2D eigenvalue weighted by Gasteiger charge is 2.16. The van der Waals surface area contributed by atoms with E-state index >= 15 is 0 Å². The van der Waals surface area contributed by atoms with Crippen molar-refractivity contribution >= 4 is 30.0 Å². The monoisotopic (exact) mass is 352 g/mol. The molecule has 0 aliphatic rings. The molecule has 0 radical (unpaired) electrons. The van der Waals surface area contributed by atoms with Crippen molar-refractivity contribution in [2.45, 2.75) is 13.8 Å². The van der Waals surface area contributed by atoms with E-state index in [1.807, 2.05) is 12.1 Å². The third-order valence-electron chi connectivity index (χ3n) is 3.22. The normalized spacial score (nSPS) is 9.96. The van der Waals surface area contributed by atoms with Crippen LogP contribution in [0.1, 0.15) is 23.0 Å². The number of carbonyl (C=O) groups is 2. The van der Waals surface area contributed by atoms with E-state index in [-0.39, 0.29) is 24.9 Å². The number of carbonyl (C=O) groups excluding carboxylic acids is 2. The molecule has 1 aromatic heterocycles. The molecule has 7 nitrogen and oxygen atoms in total. The number of benzene rings is 1. The zero-order valence-electron chi connectivity index (χ0n) is 13.8. The average molecular weight is 353 g/mol. The van der Waals surface area contributed by atoms with Crippen molar-refractivity contribution in [3.63, 3.8) is 0 Å². The molecular weight excluding hydrogens is 332 g/mol. The van der Waals surface area contributed by atoms with Gasteiger partial charge in [0.2, 0.25) is 5.91 Å². The number of hydrogen-bond acceptors (Lipinski definition) is 5. The molecule has 1 heterocycles. The Morgan fingerprint density at radius 3 is 2.75 bits per heavy atom. The molecule has 0 saturated heterocycles. The van der Waals surface area contributed by atoms with Crippen LogP contribution >= 0.6 is 12.4 Å². The lowest BCUT2D eigenvalue weighted by Crippen LogP contribution is -2.25. The van der Waals surface area contributed by atoms with Crippen LogP contribution in [0.3, 0.4) is 0 Å². The Kier molecular flexibility index (Phi) is 7.41. The van der Waals surface area contributed by atoms with E-state index in [0.717, 1.165) is 5.69 Å². The van der Waals surface area contributed by atoms with E-state index < -0.39 is 5.97 Å². The molecule has 0 spiro atoms. The molecule has 0 unspecified atom stereocenters. The zero-order valence-corrected chi connectivity index (χ0v) is 14.6. The van der Waals surface area contributed by atoms with Gasteiger partial charge in [-0.05, 0) is 39.1 Å². The summed E-state index contributed by atoms with van der Waals surface area (Å²) in [4.78, 5) is 23.5. The molecule has 24 heavy (non-hydrogen) atoms. The maximum atomic E-state index is 11.9. The highest BCUT2D eigenvalue weighted by Crippen LogP contribution is 2.18. The number of likely N-dealkylation sites (N-methyl/N-ethyl adjacent to an activating group) is 1. The fourth-order valence-electron chi connectivity index (χ4n) is 2.16. The molecule has 2 rings (SSSR count). The summed E-state index contributed by atoms with van der Waals surface area (Å²) in [5.41, 5.74) is 2.52. The Labute approximate surface area is 146 Å². The lowest BCUT2D eigenvalue weighted by Gasteiger charge is -2.09. The van der Waals surface area contributed by atoms with Crippen molar-refractivity contribution in [1.29, 1.82) is 0 Å². The molecule has 0 bridgehead atoms. The number of halogens is 1. The van der Waals surface area contributed by atoms with Crippen LogP contribution in [0.25, 0.3) is 5.69 Å². The zero-order chi connectivity index (χ0) is 16.8. The molecule has 0 aliphatic carbocycles. The molecule has 0 saturated carbocycles. The summed E-state index contributed by atoms with van der Waals surface area (Å²) >= 11 is 0. The maximum Gasteiger partial charge on any atom is 0.341 e. The van der Waals surface area contributed by atoms with Gasteiger partial charge in [-0.15, -0.1) is 12.4 Å². The molecule has 130 valence electrons. The van der Waals surface area contributed by atoms with Gasteiger partial charge in [-0.2, -0.15) is 5.10 Å². The van der Waals surface area contributed by atoms with Crippen LogP contribution in [0.5, 0.6) is 0 Å². The van der Waals surface area contributed by atoms with Crippen molar-refractivity contribution in [2.75, 3.05) is 25.5 Å². The van der Waals surface area contributed by atoms with Gasteiger partial charge in [-0.25, -0.2) is 9.48 Å². The van der Waals surface area contributed by atoms with Crippen molar-refractivity contribution in [3.8, 4) is 5.69 Å². The largest absolute Gasteiger partial charge is 0.462 e. The van der Waals surface area contributed by atoms with E-state index in [2.05, 4.69) is 15.7 Å². The fourth-order valence-corrected chi connectivity index (χ4v) is 2.16. The lowest BCUT2D eigenvalue weighted by atomic mass is 10.2. The topological polar surface area (TPSA) is 85.2 Å². The summed E-state index contributed by atoms with van der Waals surface area (Å²) in [5, 5.41) is 9.81. The van der Waals surface area contributed by atoms with Crippen LogP contribution in [0.2, 0.25) is 0 Å². The van der Waals surface area contributed by atoms with E-state index in [1.54, 1.807) is 37.7 Å². The highest BCUT2D eigenvalue weighted by molar-refractivity contribution is 5.92. The number of anilines is 1. The Morgan fingerprint density at radius 1 is 1.33 bits per heavy atom. The van der Waals surface area contributed by atoms with Gasteiger partial charge in [0.05, 0.1) is 30.7 Å². The van der Waals surface area contributed by atoms with Crippen molar-refractivity contribution in [2.24, 2.45) is 0 Å². The minimum atomic E-state index is -0.394. The van der Waals surface area contributed by atoms with Crippen LogP contribution in [-0.4, -0.2) is 41.9 Å². The second kappa shape index (κ2) is 9.05. The number of amides is 1. The van der Waals surface area contributed by atoms with Gasteiger partial charge < -0.3 is 15.4 Å². The molecule has 1 aromatic carbocycles. The first-order valence-electron chi connectivity index (χ1n) is 7.33. The summed E-state index contributed by atoms with van der Waals surface area (Å²) in [7, 11) is 1.71. The first kappa shape index (κ1) is 19.7. The van der Waals surface area contributed by atoms with Crippen LogP contribution in [0.4, 0.5) is 5.69 Å². The molecule has 8 heteroatoms. The minimum absolute atomic E-state index is 0. The Balaban J connectivity index is 0.00000288. The van der Waals surface area contributed by atoms with Crippen LogP contribution in [-0.2, 0) is 9.53 Å². The quantitative estimate of drug-likeness (QED) is 0.776. The second-order valence-corrected chi connectivity index (χ2v) is 4.90. The third kappa shape index (κ3) is 4.56. The van der Waals surface area contributed by atoms with Gasteiger partial charge in [0.15, 0.2) is 0 Å². The lowest BCUT2D eigenvalue weighted by molar-refractivity contribution is -0.115. The van der Waals surface area contributed by atoms with Gasteiger partial charge in [0.25, 0.3) is 0 Å². The Hall–Kier alpha value is -2.38. The fraction of sp³-hybridized carbons (Fsp3) is 0.312. The highest BCUT2D eigenvalue weighted by atomic mass is 35.5. The first-order chi connectivity index (χ1) is 11.1. The molecule has 2 N–H and O–H groups in total. The summed E-state index contributed by atoms with van der Waals surface area (Å²) in [6.07, 6.45) is 1.49. The van der Waals surface area contributed by atoms with Gasteiger partial charge >= 0.3 is 5.97 Å². The van der Waals surface area contributed by atoms with Gasteiger partial charge in [0, 0.05) is 5.69 Å². The standard InChI is InChI=1S/C16H20N4O3.ClH/c1-4-23-16(22)14-9-18-20(11(14)2)13-7-5-6-12(8-13)19-15(21)10-17-3;/h5-9,17H,4,10H2,1-3H3,(H,19,21);1H. The van der Waals surface area contributed by atoms with Crippen LogP contribution in [0.15, 0.2) is 30.5 Å². The number of hydrogen-bond donors (Lipinski definition) is 2. The molecule has 1 amide bonds. The summed E-state index contributed by atoms with van der Waals surface area (Å²) in [6.45, 7) is 4.11. The van der Waals surface area contributed by atoms with Crippen LogP contribution < -0.4 is 10.6 Å². The molecule has 0 aliphatic heterocycles. The van der Waals surface area contributed by atoms with Crippen molar-refractivity contribution in [3.05, 3.63) is 41.7 Å². The maximum absolute atomic E-state index is 11.9. The van der Waals surface area contributed by atoms with Gasteiger partial charge in [-0.3, -0.25) is 4.79 Å². The minimum Gasteiger partial charge on any atom is -0.462 e. The van der Waals surface area contributed by atoms with Gasteiger partial charge in [-0.1, -0.05) is 6.07 Å². The number of nitrogens with one attached hydrogen (secondary N) is 2. The number of nitrogens with zero attached hydrogens (tertiary/aromatic N) is 2. The SMILES string of the molecule is CCOC(=O)c1cnn(-c2cccc(NC(=O)CNC)c2)c1C.Cl. The number of aromatic nitrogens is 2. The predicted molar refractivity (Wildman–Crippen MR) is 94.1 cm³/mol. The molecular formula is C16H21ClN4O3. The molecule has 2 aromatic rings. The predicted octanol–water partition coefficient (Wildman–Crippen LogP) is 1.94. The van der Waals surface area contributed by atoms with Crippen LogP contribution in [0, 0.1) is 6.92 Å². The van der Waals surface area contributed by atoms with E-state index in [1.165, 1.54) is 6.20 Å². The van der Waals surface area contributed by atoms with Gasteiger partial charge in [0.1, 0.15) is 5.56 Å². The molecule has 0 fully saturated rings. The number of ether oxygens (including phenoxy) is 1.